The normalized spacial score (nSPS) is 20.2. The Labute approximate surface area is 172 Å². The number of nitrogens with zero attached hydrogens (tertiary/aromatic N) is 1. The topological polar surface area (TPSA) is 75.7 Å². The fourth-order valence-electron chi connectivity index (χ4n) is 3.84. The highest BCUT2D eigenvalue weighted by Gasteiger charge is 2.35. The predicted molar refractivity (Wildman–Crippen MR) is 114 cm³/mol. The molecule has 3 rings (SSSR count). The van der Waals surface area contributed by atoms with Crippen LogP contribution in [-0.2, 0) is 21.2 Å². The molecule has 29 heavy (non-hydrogen) atoms. The van der Waals surface area contributed by atoms with Crippen molar-refractivity contribution < 1.29 is 17.9 Å². The number of hydrogen-bond donors (Lipinski definition) is 1. The first-order valence-electron chi connectivity index (χ1n) is 9.87. The molecule has 2 aromatic rings. The summed E-state index contributed by atoms with van der Waals surface area (Å²) in [5, 5.41) is 2.82. The lowest BCUT2D eigenvalue weighted by Gasteiger charge is -2.37. The molecule has 1 aliphatic heterocycles. The first-order chi connectivity index (χ1) is 13.8. The Morgan fingerprint density at radius 3 is 2.17 bits per heavy atom. The van der Waals surface area contributed by atoms with Gasteiger partial charge in [-0.05, 0) is 68.7 Å². The van der Waals surface area contributed by atoms with Gasteiger partial charge in [0.25, 0.3) is 0 Å². The van der Waals surface area contributed by atoms with Crippen molar-refractivity contribution in [1.29, 1.82) is 0 Å². The zero-order valence-electron chi connectivity index (χ0n) is 17.1. The Kier molecular flexibility index (Phi) is 6.59. The number of carbonyl (C=O) groups excluding carboxylic acids is 1. The van der Waals surface area contributed by atoms with E-state index in [9.17, 15) is 13.2 Å². The fourth-order valence-corrected chi connectivity index (χ4v) is 5.72. The molecule has 7 heteroatoms. The molecule has 156 valence electrons. The zero-order chi connectivity index (χ0) is 21.0. The SMILES string of the molecule is COc1ccc(CC(=O)Nc2ccc(S(=O)(=O)N3[C@@H](C)CCC[C@@H]3C)cc2)cc1. The van der Waals surface area contributed by atoms with Crippen LogP contribution in [0.5, 0.6) is 5.75 Å². The number of rotatable bonds is 6. The lowest BCUT2D eigenvalue weighted by molar-refractivity contribution is -0.115. The van der Waals surface area contributed by atoms with Crippen LogP contribution in [0.3, 0.4) is 0 Å². The van der Waals surface area contributed by atoms with Crippen molar-refractivity contribution in [3.63, 3.8) is 0 Å². The van der Waals surface area contributed by atoms with Crippen LogP contribution in [0, 0.1) is 0 Å². The molecule has 1 amide bonds. The van der Waals surface area contributed by atoms with Gasteiger partial charge in [0.15, 0.2) is 0 Å². The van der Waals surface area contributed by atoms with E-state index in [1.54, 1.807) is 35.7 Å². The summed E-state index contributed by atoms with van der Waals surface area (Å²) in [6.07, 6.45) is 3.03. The average Bonchev–Trinajstić information content (AvgIpc) is 2.68. The molecule has 2 atom stereocenters. The summed E-state index contributed by atoms with van der Waals surface area (Å²) in [6.45, 7) is 3.92. The van der Waals surface area contributed by atoms with Crippen molar-refractivity contribution in [2.75, 3.05) is 12.4 Å². The number of methoxy groups -OCH3 is 1. The third-order valence-corrected chi connectivity index (χ3v) is 7.49. The van der Waals surface area contributed by atoms with Gasteiger partial charge in [0.1, 0.15) is 5.75 Å². The average molecular weight is 417 g/mol. The molecule has 6 nitrogen and oxygen atoms in total. The highest BCUT2D eigenvalue weighted by Crippen LogP contribution is 2.30. The van der Waals surface area contributed by atoms with E-state index in [1.165, 1.54) is 0 Å². The molecule has 0 radical (unpaired) electrons. The van der Waals surface area contributed by atoms with Crippen molar-refractivity contribution in [1.82, 2.24) is 4.31 Å². The molecule has 2 aromatic carbocycles. The molecule has 0 saturated carbocycles. The molecular formula is C22H28N2O4S. The van der Waals surface area contributed by atoms with Gasteiger partial charge in [-0.15, -0.1) is 0 Å². The summed E-state index contributed by atoms with van der Waals surface area (Å²) in [5.74, 6) is 0.576. The standard InChI is InChI=1S/C22H28N2O4S/c1-16-5-4-6-17(2)24(16)29(26,27)21-13-9-19(10-14-21)23-22(25)15-18-7-11-20(28-3)12-8-18/h7-14,16-17H,4-6,15H2,1-3H3,(H,23,25)/t16-,17-/m0/s1. The van der Waals surface area contributed by atoms with E-state index in [0.29, 0.717) is 5.69 Å². The Hall–Kier alpha value is -2.38. The van der Waals surface area contributed by atoms with Gasteiger partial charge in [-0.25, -0.2) is 8.42 Å². The molecule has 0 aromatic heterocycles. The Bertz CT molecular complexity index is 930. The van der Waals surface area contributed by atoms with Gasteiger partial charge in [0.05, 0.1) is 18.4 Å². The predicted octanol–water partition coefficient (Wildman–Crippen LogP) is 3.83. The van der Waals surface area contributed by atoms with E-state index in [1.807, 2.05) is 38.1 Å². The first kappa shape index (κ1) is 21.3. The van der Waals surface area contributed by atoms with Crippen LogP contribution in [0.2, 0.25) is 0 Å². The van der Waals surface area contributed by atoms with Crippen LogP contribution in [0.1, 0.15) is 38.7 Å². The second kappa shape index (κ2) is 8.97. The van der Waals surface area contributed by atoms with E-state index in [0.717, 1.165) is 30.6 Å². The number of amides is 1. The lowest BCUT2D eigenvalue weighted by atomic mass is 10.0. The molecule has 1 N–H and O–H groups in total. The summed E-state index contributed by atoms with van der Waals surface area (Å²) in [5.41, 5.74) is 1.44. The van der Waals surface area contributed by atoms with Gasteiger partial charge in [-0.1, -0.05) is 18.6 Å². The third kappa shape index (κ3) is 4.97. The van der Waals surface area contributed by atoms with Crippen molar-refractivity contribution in [3.8, 4) is 5.75 Å². The lowest BCUT2D eigenvalue weighted by Crippen LogP contribution is -2.47. The van der Waals surface area contributed by atoms with Gasteiger partial charge in [0, 0.05) is 17.8 Å². The Morgan fingerprint density at radius 1 is 1.03 bits per heavy atom. The van der Waals surface area contributed by atoms with Crippen molar-refractivity contribution in [2.45, 2.75) is 56.5 Å². The van der Waals surface area contributed by atoms with E-state index in [-0.39, 0.29) is 29.3 Å². The number of piperidine rings is 1. The van der Waals surface area contributed by atoms with E-state index in [2.05, 4.69) is 5.32 Å². The van der Waals surface area contributed by atoms with Crippen molar-refractivity contribution >= 4 is 21.6 Å². The van der Waals surface area contributed by atoms with Crippen LogP contribution in [0.25, 0.3) is 0 Å². The number of carbonyl (C=O) groups is 1. The molecule has 1 saturated heterocycles. The maximum Gasteiger partial charge on any atom is 0.243 e. The summed E-state index contributed by atoms with van der Waals surface area (Å²) < 4.78 is 32.9. The maximum absolute atomic E-state index is 13.1. The third-order valence-electron chi connectivity index (χ3n) is 5.35. The largest absolute Gasteiger partial charge is 0.497 e. The number of ether oxygens (including phenoxy) is 1. The van der Waals surface area contributed by atoms with E-state index in [4.69, 9.17) is 4.74 Å². The summed E-state index contributed by atoms with van der Waals surface area (Å²) in [6, 6.07) is 13.7. The number of benzene rings is 2. The highest BCUT2D eigenvalue weighted by molar-refractivity contribution is 7.89. The summed E-state index contributed by atoms with van der Waals surface area (Å²) in [4.78, 5) is 12.5. The van der Waals surface area contributed by atoms with Crippen LogP contribution in [-0.4, -0.2) is 37.8 Å². The monoisotopic (exact) mass is 416 g/mol. The Morgan fingerprint density at radius 2 is 1.62 bits per heavy atom. The fraction of sp³-hybridized carbons (Fsp3) is 0.409. The number of nitrogens with one attached hydrogen (secondary N) is 1. The van der Waals surface area contributed by atoms with E-state index < -0.39 is 10.0 Å². The van der Waals surface area contributed by atoms with Gasteiger partial charge in [-0.3, -0.25) is 4.79 Å². The summed E-state index contributed by atoms with van der Waals surface area (Å²) >= 11 is 0. The second-order valence-electron chi connectivity index (χ2n) is 7.56. The number of anilines is 1. The smallest absolute Gasteiger partial charge is 0.243 e. The molecule has 1 fully saturated rings. The van der Waals surface area contributed by atoms with Crippen LogP contribution >= 0.6 is 0 Å². The maximum atomic E-state index is 13.1. The molecule has 1 heterocycles. The van der Waals surface area contributed by atoms with Gasteiger partial charge >= 0.3 is 0 Å². The van der Waals surface area contributed by atoms with Crippen LogP contribution in [0.4, 0.5) is 5.69 Å². The summed E-state index contributed by atoms with van der Waals surface area (Å²) in [7, 11) is -1.96. The van der Waals surface area contributed by atoms with E-state index >= 15 is 0 Å². The highest BCUT2D eigenvalue weighted by atomic mass is 32.2. The number of sulfonamides is 1. The minimum absolute atomic E-state index is 0.00683. The zero-order valence-corrected chi connectivity index (χ0v) is 17.9. The minimum atomic E-state index is -3.55. The first-order valence-corrected chi connectivity index (χ1v) is 11.3. The van der Waals surface area contributed by atoms with Crippen molar-refractivity contribution in [2.24, 2.45) is 0 Å². The molecule has 1 aliphatic rings. The van der Waals surface area contributed by atoms with Gasteiger partial charge in [0.2, 0.25) is 15.9 Å². The van der Waals surface area contributed by atoms with Crippen LogP contribution in [0.15, 0.2) is 53.4 Å². The molecule has 0 spiro atoms. The minimum Gasteiger partial charge on any atom is -0.497 e. The molecule has 0 aliphatic carbocycles. The van der Waals surface area contributed by atoms with Gasteiger partial charge in [-0.2, -0.15) is 4.31 Å². The van der Waals surface area contributed by atoms with Gasteiger partial charge < -0.3 is 10.1 Å². The molecule has 0 bridgehead atoms. The second-order valence-corrected chi connectivity index (χ2v) is 9.40. The number of hydrogen-bond acceptors (Lipinski definition) is 4. The van der Waals surface area contributed by atoms with Crippen LogP contribution < -0.4 is 10.1 Å². The quantitative estimate of drug-likeness (QED) is 0.777. The Balaban J connectivity index is 1.66. The molecular weight excluding hydrogens is 388 g/mol. The molecule has 0 unspecified atom stereocenters. The van der Waals surface area contributed by atoms with Crippen molar-refractivity contribution in [3.05, 3.63) is 54.1 Å².